The summed E-state index contributed by atoms with van der Waals surface area (Å²) in [6.07, 6.45) is 3.88. The lowest BCUT2D eigenvalue weighted by Gasteiger charge is -2.30. The fraction of sp³-hybridized carbons (Fsp3) is 0.750. The molecular formula is C12H21NO2. The summed E-state index contributed by atoms with van der Waals surface area (Å²) in [6, 6.07) is 0.180. The molecule has 0 aromatic rings. The van der Waals surface area contributed by atoms with Crippen molar-refractivity contribution < 1.29 is 9.53 Å². The molecule has 0 unspecified atom stereocenters. The van der Waals surface area contributed by atoms with Crippen molar-refractivity contribution >= 4 is 6.09 Å². The molecule has 3 nitrogen and oxygen atoms in total. The number of hydrogen-bond acceptors (Lipinski definition) is 2. The maximum absolute atomic E-state index is 11.8. The molecule has 1 aliphatic heterocycles. The van der Waals surface area contributed by atoms with E-state index >= 15 is 0 Å². The smallest absolute Gasteiger partial charge is 0.411 e. The Morgan fingerprint density at radius 3 is 2.53 bits per heavy atom. The van der Waals surface area contributed by atoms with Crippen molar-refractivity contribution in [3.8, 4) is 0 Å². The van der Waals surface area contributed by atoms with Gasteiger partial charge in [-0.25, -0.2) is 4.79 Å². The Labute approximate surface area is 92.1 Å². The first kappa shape index (κ1) is 12.1. The van der Waals surface area contributed by atoms with Gasteiger partial charge in [0.05, 0.1) is 6.04 Å². The van der Waals surface area contributed by atoms with Gasteiger partial charge in [0, 0.05) is 6.54 Å². The molecule has 1 rings (SSSR count). The van der Waals surface area contributed by atoms with Crippen molar-refractivity contribution in [2.45, 2.75) is 46.3 Å². The number of amides is 1. The second-order valence-electron chi connectivity index (χ2n) is 5.30. The van der Waals surface area contributed by atoms with E-state index in [-0.39, 0.29) is 12.1 Å². The van der Waals surface area contributed by atoms with E-state index in [1.54, 1.807) is 4.90 Å². The van der Waals surface area contributed by atoms with Crippen LogP contribution >= 0.6 is 0 Å². The fourth-order valence-corrected chi connectivity index (χ4v) is 1.64. The third-order valence-electron chi connectivity index (χ3n) is 2.31. The molecular weight excluding hydrogens is 190 g/mol. The van der Waals surface area contributed by atoms with Crippen LogP contribution in [0.2, 0.25) is 0 Å². The Morgan fingerprint density at radius 2 is 2.07 bits per heavy atom. The number of carbonyl (C=O) groups excluding carboxylic acids is 1. The summed E-state index contributed by atoms with van der Waals surface area (Å²) in [5.74, 6) is 0.427. The van der Waals surface area contributed by atoms with Gasteiger partial charge in [0.1, 0.15) is 5.60 Å². The molecule has 0 aromatic heterocycles. The molecule has 1 aliphatic rings. The van der Waals surface area contributed by atoms with Gasteiger partial charge in [0.2, 0.25) is 0 Å². The maximum Gasteiger partial charge on any atom is 0.411 e. The van der Waals surface area contributed by atoms with Crippen molar-refractivity contribution in [1.82, 2.24) is 4.90 Å². The van der Waals surface area contributed by atoms with Crippen LogP contribution < -0.4 is 0 Å². The quantitative estimate of drug-likeness (QED) is 0.624. The lowest BCUT2D eigenvalue weighted by molar-refractivity contribution is 0.0211. The summed E-state index contributed by atoms with van der Waals surface area (Å²) in [7, 11) is 0. The Morgan fingerprint density at radius 1 is 1.47 bits per heavy atom. The number of rotatable bonds is 1. The van der Waals surface area contributed by atoms with E-state index in [1.165, 1.54) is 0 Å². The second-order valence-corrected chi connectivity index (χ2v) is 5.30. The molecule has 0 spiro atoms. The van der Waals surface area contributed by atoms with Gasteiger partial charge in [-0.2, -0.15) is 0 Å². The minimum Gasteiger partial charge on any atom is -0.444 e. The molecule has 15 heavy (non-hydrogen) atoms. The molecule has 0 N–H and O–H groups in total. The van der Waals surface area contributed by atoms with Crippen molar-refractivity contribution in [1.29, 1.82) is 0 Å². The molecule has 86 valence electrons. The molecule has 0 aromatic carbocycles. The third kappa shape index (κ3) is 3.26. The molecule has 1 amide bonds. The average molecular weight is 211 g/mol. The monoisotopic (exact) mass is 211 g/mol. The highest BCUT2D eigenvalue weighted by atomic mass is 16.6. The zero-order chi connectivity index (χ0) is 11.6. The van der Waals surface area contributed by atoms with E-state index in [0.29, 0.717) is 12.5 Å². The van der Waals surface area contributed by atoms with Crippen LogP contribution in [-0.4, -0.2) is 29.2 Å². The maximum atomic E-state index is 11.8. The number of carbonyl (C=O) groups is 1. The van der Waals surface area contributed by atoms with Crippen LogP contribution in [0.25, 0.3) is 0 Å². The minimum atomic E-state index is -0.415. The molecule has 0 radical (unpaired) electrons. The van der Waals surface area contributed by atoms with Gasteiger partial charge in [0.15, 0.2) is 0 Å². The van der Waals surface area contributed by atoms with E-state index in [1.807, 2.05) is 26.8 Å². The van der Waals surface area contributed by atoms with Crippen LogP contribution in [0.15, 0.2) is 12.2 Å². The number of hydrogen-bond donors (Lipinski definition) is 0. The standard InChI is InChI=1S/C12H21NO2/c1-9(2)10-7-6-8-13(10)11(14)15-12(3,4)5/h6-7,9-10H,8H2,1-5H3/t10-/m1/s1. The summed E-state index contributed by atoms with van der Waals surface area (Å²) in [4.78, 5) is 13.6. The molecule has 1 heterocycles. The van der Waals surface area contributed by atoms with Gasteiger partial charge in [-0.1, -0.05) is 26.0 Å². The Balaban J connectivity index is 2.61. The Kier molecular flexibility index (Phi) is 3.42. The lowest BCUT2D eigenvalue weighted by Crippen LogP contribution is -2.42. The first-order valence-electron chi connectivity index (χ1n) is 5.47. The van der Waals surface area contributed by atoms with E-state index in [0.717, 1.165) is 0 Å². The second kappa shape index (κ2) is 4.25. The van der Waals surface area contributed by atoms with Crippen molar-refractivity contribution in [2.24, 2.45) is 5.92 Å². The summed E-state index contributed by atoms with van der Waals surface area (Å²) in [5.41, 5.74) is -0.415. The minimum absolute atomic E-state index is 0.180. The summed E-state index contributed by atoms with van der Waals surface area (Å²) < 4.78 is 5.35. The molecule has 0 saturated carbocycles. The van der Waals surface area contributed by atoms with E-state index < -0.39 is 5.60 Å². The molecule has 1 atom stereocenters. The predicted molar refractivity (Wildman–Crippen MR) is 60.7 cm³/mol. The van der Waals surface area contributed by atoms with E-state index in [4.69, 9.17) is 4.74 Å². The largest absolute Gasteiger partial charge is 0.444 e. The van der Waals surface area contributed by atoms with E-state index in [2.05, 4.69) is 19.9 Å². The first-order valence-corrected chi connectivity index (χ1v) is 5.47. The normalized spacial score (nSPS) is 21.2. The summed E-state index contributed by atoms with van der Waals surface area (Å²) in [5, 5.41) is 0. The fourth-order valence-electron chi connectivity index (χ4n) is 1.64. The molecule has 0 fully saturated rings. The highest BCUT2D eigenvalue weighted by molar-refractivity contribution is 5.69. The van der Waals surface area contributed by atoms with Crippen LogP contribution in [0.3, 0.4) is 0 Å². The molecule has 3 heteroatoms. The lowest BCUT2D eigenvalue weighted by atomic mass is 10.1. The number of ether oxygens (including phenoxy) is 1. The average Bonchev–Trinajstić information content (AvgIpc) is 2.47. The summed E-state index contributed by atoms with van der Waals surface area (Å²) >= 11 is 0. The van der Waals surface area contributed by atoms with Crippen molar-refractivity contribution in [2.75, 3.05) is 6.54 Å². The first-order chi connectivity index (χ1) is 6.81. The highest BCUT2D eigenvalue weighted by Gasteiger charge is 2.30. The van der Waals surface area contributed by atoms with E-state index in [9.17, 15) is 4.79 Å². The number of nitrogens with zero attached hydrogens (tertiary/aromatic N) is 1. The van der Waals surface area contributed by atoms with Gasteiger partial charge >= 0.3 is 6.09 Å². The zero-order valence-corrected chi connectivity index (χ0v) is 10.3. The summed E-state index contributed by atoms with van der Waals surface area (Å²) in [6.45, 7) is 10.5. The third-order valence-corrected chi connectivity index (χ3v) is 2.31. The SMILES string of the molecule is CC(C)[C@H]1C=CCN1C(=O)OC(C)(C)C. The van der Waals surface area contributed by atoms with Gasteiger partial charge in [-0.3, -0.25) is 4.90 Å². The van der Waals surface area contributed by atoms with Crippen molar-refractivity contribution in [3.05, 3.63) is 12.2 Å². The topological polar surface area (TPSA) is 29.5 Å². The van der Waals surface area contributed by atoms with Gasteiger partial charge in [-0.15, -0.1) is 0 Å². The Bertz CT molecular complexity index is 263. The van der Waals surface area contributed by atoms with Gasteiger partial charge in [0.25, 0.3) is 0 Å². The predicted octanol–water partition coefficient (Wildman–Crippen LogP) is 2.82. The van der Waals surface area contributed by atoms with Crippen LogP contribution in [0.5, 0.6) is 0 Å². The van der Waals surface area contributed by atoms with Crippen LogP contribution in [0, 0.1) is 5.92 Å². The zero-order valence-electron chi connectivity index (χ0n) is 10.3. The molecule has 0 saturated heterocycles. The van der Waals surface area contributed by atoms with Crippen LogP contribution in [0.1, 0.15) is 34.6 Å². The van der Waals surface area contributed by atoms with Crippen LogP contribution in [-0.2, 0) is 4.74 Å². The molecule has 0 bridgehead atoms. The highest BCUT2D eigenvalue weighted by Crippen LogP contribution is 2.20. The van der Waals surface area contributed by atoms with Gasteiger partial charge in [-0.05, 0) is 26.7 Å². The van der Waals surface area contributed by atoms with Gasteiger partial charge < -0.3 is 4.74 Å². The Hall–Kier alpha value is -0.990. The van der Waals surface area contributed by atoms with Crippen LogP contribution in [0.4, 0.5) is 4.79 Å². The molecule has 0 aliphatic carbocycles. The van der Waals surface area contributed by atoms with Crippen molar-refractivity contribution in [3.63, 3.8) is 0 Å².